The van der Waals surface area contributed by atoms with Crippen LogP contribution in [0.25, 0.3) is 11.0 Å². The summed E-state index contributed by atoms with van der Waals surface area (Å²) >= 11 is 1.44. The molecule has 1 aliphatic rings. The summed E-state index contributed by atoms with van der Waals surface area (Å²) in [5, 5.41) is 13.5. The molecule has 1 fully saturated rings. The van der Waals surface area contributed by atoms with E-state index in [0.717, 1.165) is 36.1 Å². The Hall–Kier alpha value is -3.85. The van der Waals surface area contributed by atoms with E-state index in [0.29, 0.717) is 16.8 Å². The molecule has 0 bridgehead atoms. The number of carbonyl (C=O) groups excluding carboxylic acids is 3. The van der Waals surface area contributed by atoms with E-state index in [1.165, 1.54) is 29.6 Å². The fourth-order valence-electron chi connectivity index (χ4n) is 4.88. The lowest BCUT2D eigenvalue weighted by atomic mass is 9.95. The summed E-state index contributed by atoms with van der Waals surface area (Å²) in [5.41, 5.74) is 2.51. The third-order valence-electron chi connectivity index (χ3n) is 6.80. The largest absolute Gasteiger partial charge is 0.351 e. The maximum atomic E-state index is 14.0. The van der Waals surface area contributed by atoms with Crippen LogP contribution in [0.1, 0.15) is 60.3 Å². The van der Waals surface area contributed by atoms with E-state index in [9.17, 15) is 14.4 Å². The Balaban J connectivity index is 1.53. The summed E-state index contributed by atoms with van der Waals surface area (Å²) in [4.78, 5) is 42.0. The summed E-state index contributed by atoms with van der Waals surface area (Å²) in [6, 6.07) is 17.3. The third-order valence-corrected chi connectivity index (χ3v) is 7.72. The van der Waals surface area contributed by atoms with Gasteiger partial charge in [0, 0.05) is 22.2 Å². The minimum Gasteiger partial charge on any atom is -0.351 e. The number of para-hydroxylation sites is 1. The van der Waals surface area contributed by atoms with Gasteiger partial charge >= 0.3 is 0 Å². The molecule has 2 aromatic carbocycles. The van der Waals surface area contributed by atoms with E-state index in [4.69, 9.17) is 0 Å². The Morgan fingerprint density at radius 2 is 1.78 bits per heavy atom. The third kappa shape index (κ3) is 5.46. The Morgan fingerprint density at radius 1 is 1.03 bits per heavy atom. The topological polar surface area (TPSA) is 97.2 Å². The molecule has 0 radical (unpaired) electrons. The fraction of sp³-hybridized carbons (Fsp3) is 0.321. The zero-order chi connectivity index (χ0) is 25.8. The standard InChI is InChI=1S/C28H29N5O3S/c1-19(34)20-13-15-22(16-14-20)33(26(35)18-32-24-11-6-5-10-23(24)30-31-32)27(25-12-7-17-37-25)28(36)29-21-8-3-2-4-9-21/h5-7,10-17,21,27H,2-4,8-9,18H2,1H3,(H,29,36)/t27-/m1/s1. The second kappa shape index (κ2) is 11.0. The Bertz CT molecular complexity index is 1390. The van der Waals surface area contributed by atoms with E-state index in [2.05, 4.69) is 15.6 Å². The molecule has 2 aromatic heterocycles. The van der Waals surface area contributed by atoms with Crippen molar-refractivity contribution in [2.24, 2.45) is 0 Å². The van der Waals surface area contributed by atoms with Crippen LogP contribution in [0.4, 0.5) is 5.69 Å². The molecule has 0 spiro atoms. The number of Topliss-reactive ketones (excluding diaryl/α,β-unsaturated/α-hetero) is 1. The van der Waals surface area contributed by atoms with Gasteiger partial charge in [-0.3, -0.25) is 19.3 Å². The Labute approximate surface area is 219 Å². The van der Waals surface area contributed by atoms with Gasteiger partial charge in [-0.1, -0.05) is 42.7 Å². The van der Waals surface area contributed by atoms with Crippen LogP contribution in [0.15, 0.2) is 66.0 Å². The first-order valence-corrected chi connectivity index (χ1v) is 13.4. The maximum Gasteiger partial charge on any atom is 0.249 e. The van der Waals surface area contributed by atoms with Gasteiger partial charge in [-0.2, -0.15) is 0 Å². The van der Waals surface area contributed by atoms with E-state index >= 15 is 0 Å². The molecule has 37 heavy (non-hydrogen) atoms. The van der Waals surface area contributed by atoms with Crippen LogP contribution >= 0.6 is 11.3 Å². The predicted octanol–water partition coefficient (Wildman–Crippen LogP) is 4.92. The molecule has 0 unspecified atom stereocenters. The van der Waals surface area contributed by atoms with E-state index in [1.54, 1.807) is 28.9 Å². The molecule has 0 saturated heterocycles. The van der Waals surface area contributed by atoms with Crippen molar-refractivity contribution >= 4 is 45.7 Å². The van der Waals surface area contributed by atoms with Crippen LogP contribution < -0.4 is 10.2 Å². The first-order valence-electron chi connectivity index (χ1n) is 12.6. The van der Waals surface area contributed by atoms with Gasteiger partial charge in [0.25, 0.3) is 0 Å². The number of aromatic nitrogens is 3. The van der Waals surface area contributed by atoms with Crippen molar-refractivity contribution < 1.29 is 14.4 Å². The number of hydrogen-bond acceptors (Lipinski definition) is 6. The molecular formula is C28H29N5O3S. The van der Waals surface area contributed by atoms with Gasteiger partial charge in [-0.25, -0.2) is 4.68 Å². The number of nitrogens with zero attached hydrogens (tertiary/aromatic N) is 4. The molecule has 1 aliphatic carbocycles. The average molecular weight is 516 g/mol. The highest BCUT2D eigenvalue weighted by Gasteiger charge is 2.35. The maximum absolute atomic E-state index is 14.0. The van der Waals surface area contributed by atoms with Gasteiger partial charge in [-0.05, 0) is 67.6 Å². The molecule has 1 saturated carbocycles. The number of anilines is 1. The number of ketones is 1. The number of benzene rings is 2. The minimum atomic E-state index is -0.854. The molecule has 9 heteroatoms. The summed E-state index contributed by atoms with van der Waals surface area (Å²) < 4.78 is 1.55. The van der Waals surface area contributed by atoms with Crippen molar-refractivity contribution in [1.82, 2.24) is 20.3 Å². The molecule has 5 rings (SSSR count). The number of thiophene rings is 1. The van der Waals surface area contributed by atoms with Gasteiger partial charge in [0.2, 0.25) is 11.8 Å². The zero-order valence-electron chi connectivity index (χ0n) is 20.7. The van der Waals surface area contributed by atoms with Crippen molar-refractivity contribution in [3.05, 3.63) is 76.5 Å². The summed E-state index contributed by atoms with van der Waals surface area (Å²) in [7, 11) is 0. The smallest absolute Gasteiger partial charge is 0.249 e. The van der Waals surface area contributed by atoms with Gasteiger partial charge in [-0.15, -0.1) is 16.4 Å². The molecule has 1 N–H and O–H groups in total. The Morgan fingerprint density at radius 3 is 2.49 bits per heavy atom. The average Bonchev–Trinajstić information content (AvgIpc) is 3.58. The highest BCUT2D eigenvalue weighted by atomic mass is 32.1. The van der Waals surface area contributed by atoms with Crippen molar-refractivity contribution in [2.75, 3.05) is 4.90 Å². The number of fused-ring (bicyclic) bond motifs is 1. The van der Waals surface area contributed by atoms with Crippen molar-refractivity contribution in [3.8, 4) is 0 Å². The summed E-state index contributed by atoms with van der Waals surface area (Å²) in [5.74, 6) is -0.575. The molecule has 2 amide bonds. The highest BCUT2D eigenvalue weighted by Crippen LogP contribution is 2.32. The van der Waals surface area contributed by atoms with Gasteiger partial charge in [0.05, 0.1) is 5.52 Å². The van der Waals surface area contributed by atoms with E-state index < -0.39 is 6.04 Å². The normalized spacial score (nSPS) is 14.8. The predicted molar refractivity (Wildman–Crippen MR) is 144 cm³/mol. The first kappa shape index (κ1) is 24.8. The lowest BCUT2D eigenvalue weighted by molar-refractivity contribution is -0.127. The number of hydrogen-bond donors (Lipinski definition) is 1. The summed E-state index contributed by atoms with van der Waals surface area (Å²) in [6.07, 6.45) is 5.23. The van der Waals surface area contributed by atoms with Crippen LogP contribution in [-0.4, -0.2) is 38.6 Å². The van der Waals surface area contributed by atoms with Crippen molar-refractivity contribution in [2.45, 2.75) is 57.7 Å². The van der Waals surface area contributed by atoms with Gasteiger partial charge < -0.3 is 5.32 Å². The zero-order valence-corrected chi connectivity index (χ0v) is 21.5. The quantitative estimate of drug-likeness (QED) is 0.336. The van der Waals surface area contributed by atoms with Crippen LogP contribution in [0, 0.1) is 0 Å². The highest BCUT2D eigenvalue weighted by molar-refractivity contribution is 7.10. The molecule has 4 aromatic rings. The van der Waals surface area contributed by atoms with E-state index in [1.807, 2.05) is 41.8 Å². The number of rotatable bonds is 8. The number of amides is 2. The van der Waals surface area contributed by atoms with Crippen molar-refractivity contribution in [1.29, 1.82) is 0 Å². The number of nitrogens with one attached hydrogen (secondary N) is 1. The SMILES string of the molecule is CC(=O)c1ccc(N(C(=O)Cn2nnc3ccccc32)[C@@H](C(=O)NC2CCCCC2)c2cccs2)cc1. The molecule has 1 atom stereocenters. The molecule has 0 aliphatic heterocycles. The van der Waals surface area contributed by atoms with E-state index in [-0.39, 0.29) is 30.2 Å². The monoisotopic (exact) mass is 515 g/mol. The summed E-state index contributed by atoms with van der Waals surface area (Å²) in [6.45, 7) is 1.41. The second-order valence-electron chi connectivity index (χ2n) is 9.36. The lowest BCUT2D eigenvalue weighted by Crippen LogP contribution is -2.48. The van der Waals surface area contributed by atoms with Gasteiger partial charge in [0.1, 0.15) is 18.1 Å². The second-order valence-corrected chi connectivity index (χ2v) is 10.3. The number of carbonyl (C=O) groups is 3. The minimum absolute atomic E-state index is 0.0663. The first-order chi connectivity index (χ1) is 18.0. The van der Waals surface area contributed by atoms with Gasteiger partial charge in [0.15, 0.2) is 5.78 Å². The van der Waals surface area contributed by atoms with Crippen LogP contribution in [0.2, 0.25) is 0 Å². The fourth-order valence-corrected chi connectivity index (χ4v) is 5.69. The van der Waals surface area contributed by atoms with Crippen LogP contribution in [0.3, 0.4) is 0 Å². The molecule has 2 heterocycles. The van der Waals surface area contributed by atoms with Crippen molar-refractivity contribution in [3.63, 3.8) is 0 Å². The molecule has 190 valence electrons. The molecule has 8 nitrogen and oxygen atoms in total. The Kier molecular flexibility index (Phi) is 7.41. The lowest BCUT2D eigenvalue weighted by Gasteiger charge is -2.32. The van der Waals surface area contributed by atoms with Crippen LogP contribution in [-0.2, 0) is 16.1 Å². The van der Waals surface area contributed by atoms with Crippen LogP contribution in [0.5, 0.6) is 0 Å². The molecular weight excluding hydrogens is 486 g/mol.